The zero-order valence-electron chi connectivity index (χ0n) is 15.3. The summed E-state index contributed by atoms with van der Waals surface area (Å²) >= 11 is 0. The van der Waals surface area contributed by atoms with Gasteiger partial charge in [-0.15, -0.1) is 0 Å². The van der Waals surface area contributed by atoms with Crippen LogP contribution in [0.15, 0.2) is 60.8 Å². The van der Waals surface area contributed by atoms with E-state index in [0.29, 0.717) is 23.5 Å². The van der Waals surface area contributed by atoms with Crippen molar-refractivity contribution in [3.63, 3.8) is 0 Å². The lowest BCUT2D eigenvalue weighted by atomic mass is 10.1. The number of ether oxygens (including phenoxy) is 1. The quantitative estimate of drug-likeness (QED) is 0.729. The molecule has 27 heavy (non-hydrogen) atoms. The Balaban J connectivity index is 1.76. The number of hydrogen-bond acceptors (Lipinski definition) is 4. The number of anilines is 1. The van der Waals surface area contributed by atoms with Gasteiger partial charge in [0.1, 0.15) is 12.3 Å². The van der Waals surface area contributed by atoms with Gasteiger partial charge in [-0.2, -0.15) is 0 Å². The highest BCUT2D eigenvalue weighted by Crippen LogP contribution is 2.19. The Kier molecular flexibility index (Phi) is 5.66. The van der Waals surface area contributed by atoms with Gasteiger partial charge in [0.25, 0.3) is 5.91 Å². The van der Waals surface area contributed by atoms with Gasteiger partial charge in [-0.3, -0.25) is 14.6 Å². The molecule has 0 bridgehead atoms. The number of carbonyl (C=O) groups excluding carboxylic acids is 2. The van der Waals surface area contributed by atoms with Crippen LogP contribution in [0.25, 0.3) is 10.9 Å². The normalized spacial score (nSPS) is 10.4. The van der Waals surface area contributed by atoms with E-state index >= 15 is 0 Å². The Morgan fingerprint density at radius 2 is 1.93 bits per heavy atom. The summed E-state index contributed by atoms with van der Waals surface area (Å²) in [5, 5.41) is 3.57. The van der Waals surface area contributed by atoms with Crippen LogP contribution in [0.4, 0.5) is 5.69 Å². The summed E-state index contributed by atoms with van der Waals surface area (Å²) in [6.07, 6.45) is 1.61. The van der Waals surface area contributed by atoms with E-state index in [1.54, 1.807) is 43.6 Å². The molecular formula is C21H21N3O3. The minimum Gasteiger partial charge on any atom is -0.497 e. The molecule has 1 heterocycles. The first-order chi connectivity index (χ1) is 13.1. The molecule has 6 heteroatoms. The van der Waals surface area contributed by atoms with Crippen molar-refractivity contribution in [1.82, 2.24) is 9.88 Å². The molecule has 0 fully saturated rings. The molecule has 0 radical (unpaired) electrons. The van der Waals surface area contributed by atoms with Crippen LogP contribution >= 0.6 is 0 Å². The number of hydrogen-bond donors (Lipinski definition) is 1. The molecule has 0 spiro atoms. The average Bonchev–Trinajstić information content (AvgIpc) is 2.71. The van der Waals surface area contributed by atoms with Crippen molar-refractivity contribution in [1.29, 1.82) is 0 Å². The zero-order chi connectivity index (χ0) is 19.2. The van der Waals surface area contributed by atoms with E-state index in [0.717, 1.165) is 10.9 Å². The molecule has 3 aromatic rings. The molecule has 1 N–H and O–H groups in total. The van der Waals surface area contributed by atoms with E-state index in [9.17, 15) is 9.59 Å². The van der Waals surface area contributed by atoms with Crippen LogP contribution in [0.5, 0.6) is 5.75 Å². The summed E-state index contributed by atoms with van der Waals surface area (Å²) in [5.41, 5.74) is 1.91. The second-order valence-corrected chi connectivity index (χ2v) is 5.98. The molecule has 0 saturated carbocycles. The highest BCUT2D eigenvalue weighted by atomic mass is 16.5. The van der Waals surface area contributed by atoms with Crippen LogP contribution in [0, 0.1) is 0 Å². The van der Waals surface area contributed by atoms with E-state index in [1.165, 1.54) is 4.90 Å². The lowest BCUT2D eigenvalue weighted by molar-refractivity contribution is -0.116. The number of nitrogens with zero attached hydrogens (tertiary/aromatic N) is 2. The summed E-state index contributed by atoms with van der Waals surface area (Å²) in [5.74, 6) is 0.188. The van der Waals surface area contributed by atoms with E-state index in [4.69, 9.17) is 4.74 Å². The standard InChI is InChI=1S/C21H21N3O3/c1-3-24(14-20(25)23-15-7-6-8-16(13-15)27-2)21(26)18-11-12-22-19-10-5-4-9-17(18)19/h4-13H,3,14H2,1-2H3,(H,23,25). The van der Waals surface area contributed by atoms with Crippen molar-refractivity contribution >= 4 is 28.4 Å². The Morgan fingerprint density at radius 1 is 1.11 bits per heavy atom. The number of benzene rings is 2. The molecule has 6 nitrogen and oxygen atoms in total. The van der Waals surface area contributed by atoms with Crippen LogP contribution in [-0.2, 0) is 4.79 Å². The maximum atomic E-state index is 13.0. The lowest BCUT2D eigenvalue weighted by Crippen LogP contribution is -2.38. The lowest BCUT2D eigenvalue weighted by Gasteiger charge is -2.21. The molecule has 0 saturated heterocycles. The number of carbonyl (C=O) groups is 2. The number of pyridine rings is 1. The van der Waals surface area contributed by atoms with E-state index < -0.39 is 0 Å². The van der Waals surface area contributed by atoms with Gasteiger partial charge in [-0.05, 0) is 31.2 Å². The van der Waals surface area contributed by atoms with Gasteiger partial charge in [-0.1, -0.05) is 24.3 Å². The molecule has 138 valence electrons. The molecule has 3 rings (SSSR count). The third-order valence-corrected chi connectivity index (χ3v) is 4.24. The van der Waals surface area contributed by atoms with Crippen LogP contribution in [0.2, 0.25) is 0 Å². The predicted octanol–water partition coefficient (Wildman–Crippen LogP) is 3.34. The van der Waals surface area contributed by atoms with Crippen LogP contribution in [0.1, 0.15) is 17.3 Å². The topological polar surface area (TPSA) is 71.5 Å². The van der Waals surface area contributed by atoms with Crippen LogP contribution in [-0.4, -0.2) is 41.9 Å². The third-order valence-electron chi connectivity index (χ3n) is 4.24. The fraction of sp³-hybridized carbons (Fsp3) is 0.190. The molecule has 2 aromatic carbocycles. The number of rotatable bonds is 6. The molecule has 0 aliphatic carbocycles. The van der Waals surface area contributed by atoms with Crippen molar-refractivity contribution in [3.8, 4) is 5.75 Å². The average molecular weight is 363 g/mol. The van der Waals surface area contributed by atoms with Crippen molar-refractivity contribution in [2.24, 2.45) is 0 Å². The Bertz CT molecular complexity index is 966. The van der Waals surface area contributed by atoms with Gasteiger partial charge in [0.2, 0.25) is 5.91 Å². The minimum atomic E-state index is -0.267. The first-order valence-corrected chi connectivity index (χ1v) is 8.69. The summed E-state index contributed by atoms with van der Waals surface area (Å²) in [6.45, 7) is 2.23. The first kappa shape index (κ1) is 18.4. The highest BCUT2D eigenvalue weighted by molar-refractivity contribution is 6.07. The van der Waals surface area contributed by atoms with Gasteiger partial charge < -0.3 is 15.0 Å². The highest BCUT2D eigenvalue weighted by Gasteiger charge is 2.19. The second-order valence-electron chi connectivity index (χ2n) is 5.98. The maximum Gasteiger partial charge on any atom is 0.255 e. The number of para-hydroxylation sites is 1. The second kappa shape index (κ2) is 8.31. The Hall–Kier alpha value is -3.41. The number of methoxy groups -OCH3 is 1. The van der Waals surface area contributed by atoms with Gasteiger partial charge >= 0.3 is 0 Å². The molecule has 0 aliphatic rings. The van der Waals surface area contributed by atoms with E-state index in [-0.39, 0.29) is 18.4 Å². The molecule has 2 amide bonds. The number of fused-ring (bicyclic) bond motifs is 1. The largest absolute Gasteiger partial charge is 0.497 e. The summed E-state index contributed by atoms with van der Waals surface area (Å²) in [4.78, 5) is 31.2. The number of likely N-dealkylation sites (N-methyl/N-ethyl adjacent to an activating group) is 1. The number of aromatic nitrogens is 1. The molecule has 0 aliphatic heterocycles. The van der Waals surface area contributed by atoms with Gasteiger partial charge in [0.05, 0.1) is 18.2 Å². The Morgan fingerprint density at radius 3 is 2.70 bits per heavy atom. The number of nitrogens with one attached hydrogen (secondary N) is 1. The smallest absolute Gasteiger partial charge is 0.255 e. The zero-order valence-corrected chi connectivity index (χ0v) is 15.3. The van der Waals surface area contributed by atoms with E-state index in [2.05, 4.69) is 10.3 Å². The molecule has 0 unspecified atom stereocenters. The maximum absolute atomic E-state index is 13.0. The molecular weight excluding hydrogens is 342 g/mol. The molecule has 0 atom stereocenters. The SMILES string of the molecule is CCN(CC(=O)Nc1cccc(OC)c1)C(=O)c1ccnc2ccccc12. The fourth-order valence-corrected chi connectivity index (χ4v) is 2.85. The van der Waals surface area contributed by atoms with Crippen LogP contribution < -0.4 is 10.1 Å². The van der Waals surface area contributed by atoms with Gasteiger partial charge in [-0.25, -0.2) is 0 Å². The van der Waals surface area contributed by atoms with Crippen molar-refractivity contribution in [3.05, 3.63) is 66.4 Å². The van der Waals surface area contributed by atoms with Crippen molar-refractivity contribution in [2.75, 3.05) is 25.5 Å². The Labute approximate surface area is 157 Å². The van der Waals surface area contributed by atoms with Crippen LogP contribution in [0.3, 0.4) is 0 Å². The van der Waals surface area contributed by atoms with Crippen molar-refractivity contribution in [2.45, 2.75) is 6.92 Å². The molecule has 1 aromatic heterocycles. The third kappa shape index (κ3) is 4.23. The first-order valence-electron chi connectivity index (χ1n) is 8.69. The fourth-order valence-electron chi connectivity index (χ4n) is 2.85. The monoisotopic (exact) mass is 363 g/mol. The summed E-state index contributed by atoms with van der Waals surface area (Å²) in [6, 6.07) is 16.2. The van der Waals surface area contributed by atoms with E-state index in [1.807, 2.05) is 31.2 Å². The summed E-state index contributed by atoms with van der Waals surface area (Å²) in [7, 11) is 1.57. The van der Waals surface area contributed by atoms with Crippen molar-refractivity contribution < 1.29 is 14.3 Å². The van der Waals surface area contributed by atoms with Gasteiger partial charge in [0, 0.05) is 29.9 Å². The van der Waals surface area contributed by atoms with Gasteiger partial charge in [0.15, 0.2) is 0 Å². The minimum absolute atomic E-state index is 0.0385. The summed E-state index contributed by atoms with van der Waals surface area (Å²) < 4.78 is 5.15. The number of amides is 2. The predicted molar refractivity (Wildman–Crippen MR) is 105 cm³/mol.